The molecule has 0 aliphatic rings. The maximum absolute atomic E-state index is 13.2. The fraction of sp³-hybridized carbons (Fsp3) is 0.806. The standard InChI is InChI=1S/C31H61BN9O8/c1-4-5-6-7-8-9-10-13-17-36-18-15-25(44)38-22(14-11-12-16-33)28(45)40-26(20(2)42)30(47)41-27(35)31(48)39-23(19-24(34)43)29(46)37-21(3)32-49/h20-23,26-27,36,42,49H,4-19,33,35H2,1-3H3,(H2,34,43)(H,37,46)(H,38,44)(H,39,48)(H,40,45)(H,41,47). The molecule has 0 spiro atoms. The predicted octanol–water partition coefficient (Wildman–Crippen LogP) is -2.58. The van der Waals surface area contributed by atoms with E-state index in [2.05, 4.69) is 38.8 Å². The number of carbonyl (C=O) groups is 6. The van der Waals surface area contributed by atoms with E-state index < -0.39 is 72.3 Å². The molecule has 1 radical (unpaired) electrons. The van der Waals surface area contributed by atoms with E-state index in [-0.39, 0.29) is 18.7 Å². The van der Waals surface area contributed by atoms with Gasteiger partial charge >= 0.3 is 7.48 Å². The molecule has 0 aromatic carbocycles. The van der Waals surface area contributed by atoms with E-state index in [4.69, 9.17) is 22.2 Å². The summed E-state index contributed by atoms with van der Waals surface area (Å²) in [6.45, 7) is 6.46. The molecule has 0 rings (SSSR count). The lowest BCUT2D eigenvalue weighted by molar-refractivity contribution is -0.136. The molecule has 281 valence electrons. The highest BCUT2D eigenvalue weighted by atomic mass is 16.3. The molecule has 14 N–H and O–H groups in total. The second-order valence-corrected chi connectivity index (χ2v) is 12.3. The van der Waals surface area contributed by atoms with Crippen LogP contribution in [0.15, 0.2) is 0 Å². The Balaban J connectivity index is 5.13. The van der Waals surface area contributed by atoms with Gasteiger partial charge in [0, 0.05) is 18.9 Å². The molecule has 6 unspecified atom stereocenters. The molecule has 0 saturated heterocycles. The molecule has 0 saturated carbocycles. The molecule has 0 aromatic heterocycles. The van der Waals surface area contributed by atoms with Gasteiger partial charge in [-0.3, -0.25) is 28.8 Å². The van der Waals surface area contributed by atoms with Gasteiger partial charge in [-0.1, -0.05) is 51.9 Å². The second-order valence-electron chi connectivity index (χ2n) is 12.3. The zero-order chi connectivity index (χ0) is 37.2. The minimum atomic E-state index is -1.77. The number of hydrogen-bond acceptors (Lipinski definition) is 11. The highest BCUT2D eigenvalue weighted by Crippen LogP contribution is 2.08. The molecule has 17 nitrogen and oxygen atoms in total. The maximum Gasteiger partial charge on any atom is 0.311 e. The van der Waals surface area contributed by atoms with E-state index in [1.54, 1.807) is 0 Å². The van der Waals surface area contributed by atoms with Gasteiger partial charge in [0.2, 0.25) is 29.5 Å². The van der Waals surface area contributed by atoms with Crippen molar-refractivity contribution in [2.24, 2.45) is 17.2 Å². The molecule has 0 heterocycles. The first-order chi connectivity index (χ1) is 23.3. The van der Waals surface area contributed by atoms with Crippen LogP contribution in [0.5, 0.6) is 0 Å². The molecule has 18 heteroatoms. The van der Waals surface area contributed by atoms with Gasteiger partial charge < -0.3 is 59.2 Å². The Kier molecular flexibility index (Phi) is 25.6. The van der Waals surface area contributed by atoms with Crippen molar-refractivity contribution in [2.75, 3.05) is 19.6 Å². The normalized spacial score (nSPS) is 14.7. The van der Waals surface area contributed by atoms with Gasteiger partial charge in [-0.25, -0.2) is 0 Å². The summed E-state index contributed by atoms with van der Waals surface area (Å²) >= 11 is 0. The van der Waals surface area contributed by atoms with E-state index in [1.807, 2.05) is 0 Å². The van der Waals surface area contributed by atoms with Gasteiger partial charge in [0.25, 0.3) is 5.91 Å². The number of nitrogens with two attached hydrogens (primary N) is 3. The van der Waals surface area contributed by atoms with Crippen molar-refractivity contribution in [2.45, 2.75) is 141 Å². The number of nitrogens with one attached hydrogen (secondary N) is 6. The first-order valence-electron chi connectivity index (χ1n) is 17.4. The third-order valence-electron chi connectivity index (χ3n) is 7.61. The lowest BCUT2D eigenvalue weighted by Crippen LogP contribution is -2.63. The van der Waals surface area contributed by atoms with Crippen molar-refractivity contribution in [1.82, 2.24) is 31.9 Å². The Morgan fingerprint density at radius 1 is 0.714 bits per heavy atom. The van der Waals surface area contributed by atoms with Crippen molar-refractivity contribution in [3.8, 4) is 0 Å². The van der Waals surface area contributed by atoms with Crippen molar-refractivity contribution in [3.63, 3.8) is 0 Å². The van der Waals surface area contributed by atoms with Crippen molar-refractivity contribution >= 4 is 42.9 Å². The number of carbonyl (C=O) groups excluding carboxylic acids is 6. The number of aliphatic hydroxyl groups is 1. The largest absolute Gasteiger partial charge is 0.452 e. The Morgan fingerprint density at radius 2 is 1.33 bits per heavy atom. The van der Waals surface area contributed by atoms with Crippen LogP contribution in [0, 0.1) is 0 Å². The Bertz CT molecular complexity index is 1010. The number of hydrogen-bond donors (Lipinski definition) is 11. The summed E-state index contributed by atoms with van der Waals surface area (Å²) in [5.74, 6) is -5.78. The number of aliphatic hydroxyl groups excluding tert-OH is 1. The number of primary amides is 1. The van der Waals surface area contributed by atoms with Gasteiger partial charge in [-0.05, 0) is 52.6 Å². The topological polar surface area (TPSA) is 293 Å². The van der Waals surface area contributed by atoms with Crippen LogP contribution in [0.3, 0.4) is 0 Å². The van der Waals surface area contributed by atoms with Gasteiger partial charge in [-0.2, -0.15) is 0 Å². The minimum Gasteiger partial charge on any atom is -0.452 e. The van der Waals surface area contributed by atoms with Crippen LogP contribution in [0.25, 0.3) is 0 Å². The summed E-state index contributed by atoms with van der Waals surface area (Å²) in [7, 11) is 0.683. The highest BCUT2D eigenvalue weighted by molar-refractivity contribution is 6.28. The average molecular weight is 699 g/mol. The van der Waals surface area contributed by atoms with Crippen LogP contribution in [-0.2, 0) is 28.8 Å². The Morgan fingerprint density at radius 3 is 1.90 bits per heavy atom. The lowest BCUT2D eigenvalue weighted by Gasteiger charge is -2.26. The monoisotopic (exact) mass is 698 g/mol. The smallest absolute Gasteiger partial charge is 0.311 e. The zero-order valence-corrected chi connectivity index (χ0v) is 29.4. The number of amides is 6. The van der Waals surface area contributed by atoms with E-state index >= 15 is 0 Å². The van der Waals surface area contributed by atoms with Crippen molar-refractivity contribution in [3.05, 3.63) is 0 Å². The van der Waals surface area contributed by atoms with Crippen LogP contribution in [0.1, 0.15) is 104 Å². The summed E-state index contributed by atoms with van der Waals surface area (Å²) in [5, 5.41) is 34.4. The van der Waals surface area contributed by atoms with Crippen LogP contribution in [-0.4, -0.2) is 109 Å². The van der Waals surface area contributed by atoms with Gasteiger partial charge in [-0.15, -0.1) is 0 Å². The Labute approximate surface area is 291 Å². The third kappa shape index (κ3) is 22.1. The summed E-state index contributed by atoms with van der Waals surface area (Å²) in [6, 6.07) is -4.07. The molecule has 6 atom stereocenters. The SMILES string of the molecule is CCCCCCCCCCNCCC(=O)NC(CCCCN)C(=O)NC(C(=O)NC(N)C(=O)NC(CC(N)=O)C(=O)NC(C)[B]O)C(C)O. The summed E-state index contributed by atoms with van der Waals surface area (Å²) < 4.78 is 0. The van der Waals surface area contributed by atoms with E-state index in [0.29, 0.717) is 33.4 Å². The van der Waals surface area contributed by atoms with Crippen molar-refractivity contribution < 1.29 is 38.9 Å². The van der Waals surface area contributed by atoms with E-state index in [1.165, 1.54) is 52.4 Å². The Hall–Kier alpha value is -3.32. The summed E-state index contributed by atoms with van der Waals surface area (Å²) in [6.07, 6.45) is 7.28. The molecule has 49 heavy (non-hydrogen) atoms. The van der Waals surface area contributed by atoms with Crippen LogP contribution in [0.2, 0.25) is 0 Å². The molecule has 0 fully saturated rings. The second kappa shape index (κ2) is 27.5. The first kappa shape index (κ1) is 45.7. The van der Waals surface area contributed by atoms with Gasteiger partial charge in [0.1, 0.15) is 18.1 Å². The summed E-state index contributed by atoms with van der Waals surface area (Å²) in [4.78, 5) is 75.5. The third-order valence-corrected chi connectivity index (χ3v) is 7.61. The predicted molar refractivity (Wildman–Crippen MR) is 186 cm³/mol. The zero-order valence-electron chi connectivity index (χ0n) is 29.4. The van der Waals surface area contributed by atoms with E-state index in [0.717, 1.165) is 19.4 Å². The molecule has 0 aliphatic carbocycles. The average Bonchev–Trinajstić information content (AvgIpc) is 3.04. The van der Waals surface area contributed by atoms with Gasteiger partial charge in [0.05, 0.1) is 12.5 Å². The van der Waals surface area contributed by atoms with Crippen LogP contribution >= 0.6 is 0 Å². The molecular formula is C31H61BN9O8. The minimum absolute atomic E-state index is 0.133. The molecular weight excluding hydrogens is 637 g/mol. The van der Waals surface area contributed by atoms with Gasteiger partial charge in [0.15, 0.2) is 6.17 Å². The first-order valence-corrected chi connectivity index (χ1v) is 17.4. The summed E-state index contributed by atoms with van der Waals surface area (Å²) in [5.41, 5.74) is 16.6. The molecule has 0 aliphatic heterocycles. The maximum atomic E-state index is 13.2. The molecule has 0 bridgehead atoms. The molecule has 6 amide bonds. The quantitative estimate of drug-likeness (QED) is 0.0219. The highest BCUT2D eigenvalue weighted by Gasteiger charge is 2.32. The fourth-order valence-electron chi connectivity index (χ4n) is 4.74. The number of unbranched alkanes of at least 4 members (excludes halogenated alkanes) is 8. The van der Waals surface area contributed by atoms with Crippen LogP contribution in [0.4, 0.5) is 0 Å². The lowest BCUT2D eigenvalue weighted by atomic mass is 9.90. The molecule has 0 aromatic rings. The van der Waals surface area contributed by atoms with Crippen molar-refractivity contribution in [1.29, 1.82) is 0 Å². The number of rotatable bonds is 29. The van der Waals surface area contributed by atoms with E-state index in [9.17, 15) is 33.9 Å². The van der Waals surface area contributed by atoms with Crippen LogP contribution < -0.4 is 49.1 Å². The fourth-order valence-corrected chi connectivity index (χ4v) is 4.74.